The molecule has 3 heteroatoms. The van der Waals surface area contributed by atoms with E-state index in [4.69, 9.17) is 4.18 Å². The van der Waals surface area contributed by atoms with E-state index in [2.05, 4.69) is 0 Å². The molecule has 0 amide bonds. The van der Waals surface area contributed by atoms with Gasteiger partial charge in [-0.1, -0.05) is 6.92 Å². The third-order valence-corrected chi connectivity index (χ3v) is 3.17. The first-order chi connectivity index (χ1) is 4.54. The minimum Gasteiger partial charge on any atom is -0.290 e. The van der Waals surface area contributed by atoms with Crippen LogP contribution in [-0.4, -0.2) is 15.6 Å². The Morgan fingerprint density at radius 3 is 2.20 bits per heavy atom. The summed E-state index contributed by atoms with van der Waals surface area (Å²) in [6.45, 7) is 8.27. The van der Waals surface area contributed by atoms with E-state index in [1.165, 1.54) is 0 Å². The van der Waals surface area contributed by atoms with Gasteiger partial charge >= 0.3 is 0 Å². The molecule has 0 saturated carbocycles. The zero-order valence-electron chi connectivity index (χ0n) is 7.14. The standard InChI is InChI=1S/C7H16O2S/c1-5-7(3,4)10(8)9-6-2/h5-6H2,1-4H3. The largest absolute Gasteiger partial charge is 0.290 e. The van der Waals surface area contributed by atoms with Crippen LogP contribution < -0.4 is 0 Å². The van der Waals surface area contributed by atoms with Crippen LogP contribution in [0.15, 0.2) is 0 Å². The number of rotatable bonds is 4. The van der Waals surface area contributed by atoms with Crippen LogP contribution in [-0.2, 0) is 15.3 Å². The fourth-order valence-electron chi connectivity index (χ4n) is 0.384. The van der Waals surface area contributed by atoms with E-state index < -0.39 is 11.1 Å². The lowest BCUT2D eigenvalue weighted by atomic mass is 10.1. The lowest BCUT2D eigenvalue weighted by Crippen LogP contribution is -2.26. The summed E-state index contributed by atoms with van der Waals surface area (Å²) in [6, 6.07) is 0. The highest BCUT2D eigenvalue weighted by molar-refractivity contribution is 7.81. The molecular weight excluding hydrogens is 148 g/mol. The summed E-state index contributed by atoms with van der Waals surface area (Å²) in [5, 5.41) is 0. The summed E-state index contributed by atoms with van der Waals surface area (Å²) in [7, 11) is 0. The van der Waals surface area contributed by atoms with Gasteiger partial charge in [-0.25, -0.2) is 4.21 Å². The molecule has 10 heavy (non-hydrogen) atoms. The minimum atomic E-state index is -1.13. The van der Waals surface area contributed by atoms with Crippen LogP contribution in [0.4, 0.5) is 0 Å². The molecule has 0 N–H and O–H groups in total. The van der Waals surface area contributed by atoms with Crippen molar-refractivity contribution in [2.75, 3.05) is 6.61 Å². The van der Waals surface area contributed by atoms with Crippen molar-refractivity contribution in [2.24, 2.45) is 0 Å². The van der Waals surface area contributed by atoms with Gasteiger partial charge in [0.15, 0.2) is 11.1 Å². The van der Waals surface area contributed by atoms with Gasteiger partial charge in [-0.2, -0.15) is 0 Å². The van der Waals surface area contributed by atoms with Crippen molar-refractivity contribution in [3.05, 3.63) is 0 Å². The molecule has 0 bridgehead atoms. The van der Waals surface area contributed by atoms with Gasteiger partial charge in [-0.3, -0.25) is 4.18 Å². The van der Waals surface area contributed by atoms with Crippen molar-refractivity contribution in [1.29, 1.82) is 0 Å². The molecule has 0 aromatic carbocycles. The summed E-state index contributed by atoms with van der Waals surface area (Å²) in [5.74, 6) is 0. The molecule has 0 saturated heterocycles. The van der Waals surface area contributed by atoms with Gasteiger partial charge in [0.25, 0.3) is 0 Å². The number of hydrogen-bond donors (Lipinski definition) is 0. The van der Waals surface area contributed by atoms with E-state index in [0.717, 1.165) is 6.42 Å². The lowest BCUT2D eigenvalue weighted by Gasteiger charge is -2.19. The van der Waals surface area contributed by atoms with Crippen LogP contribution in [0.5, 0.6) is 0 Å². The Hall–Kier alpha value is 0.110. The van der Waals surface area contributed by atoms with Gasteiger partial charge < -0.3 is 0 Å². The average molecular weight is 164 g/mol. The second-order valence-corrected chi connectivity index (χ2v) is 4.56. The highest BCUT2D eigenvalue weighted by Gasteiger charge is 2.23. The maximum atomic E-state index is 11.2. The summed E-state index contributed by atoms with van der Waals surface area (Å²) in [4.78, 5) is 0. The van der Waals surface area contributed by atoms with Gasteiger partial charge in [-0.05, 0) is 27.2 Å². The molecule has 1 atom stereocenters. The third-order valence-electron chi connectivity index (χ3n) is 1.53. The quantitative estimate of drug-likeness (QED) is 0.634. The molecule has 1 unspecified atom stereocenters. The maximum absolute atomic E-state index is 11.2. The van der Waals surface area contributed by atoms with E-state index >= 15 is 0 Å². The zero-order chi connectivity index (χ0) is 8.20. The molecule has 0 aliphatic heterocycles. The van der Waals surface area contributed by atoms with E-state index in [1.807, 2.05) is 27.7 Å². The summed E-state index contributed by atoms with van der Waals surface area (Å²) < 4.78 is 16.0. The fraction of sp³-hybridized carbons (Fsp3) is 1.00. The van der Waals surface area contributed by atoms with Gasteiger partial charge in [0.1, 0.15) is 0 Å². The minimum absolute atomic E-state index is 0.198. The third kappa shape index (κ3) is 2.80. The van der Waals surface area contributed by atoms with Crippen molar-refractivity contribution < 1.29 is 8.39 Å². The Balaban J connectivity index is 3.91. The van der Waals surface area contributed by atoms with E-state index in [-0.39, 0.29) is 4.75 Å². The van der Waals surface area contributed by atoms with Crippen molar-refractivity contribution >= 4 is 11.1 Å². The molecule has 0 rings (SSSR count). The fourth-order valence-corrected chi connectivity index (χ4v) is 1.15. The molecular formula is C7H16O2S. The summed E-state index contributed by atoms with van der Waals surface area (Å²) >= 11 is -1.13. The van der Waals surface area contributed by atoms with Gasteiger partial charge in [0.2, 0.25) is 0 Å². The Bertz CT molecular complexity index is 121. The normalized spacial score (nSPS) is 15.2. The topological polar surface area (TPSA) is 26.3 Å². The first-order valence-electron chi connectivity index (χ1n) is 3.59. The van der Waals surface area contributed by atoms with Crippen molar-refractivity contribution in [2.45, 2.75) is 38.9 Å². The predicted octanol–water partition coefficient (Wildman–Crippen LogP) is 1.88. The Morgan fingerprint density at radius 2 is 1.90 bits per heavy atom. The van der Waals surface area contributed by atoms with Gasteiger partial charge in [0.05, 0.1) is 11.4 Å². The molecule has 0 aliphatic carbocycles. The molecule has 0 heterocycles. The Labute approximate surface area is 65.6 Å². The van der Waals surface area contributed by atoms with Crippen LogP contribution in [0.3, 0.4) is 0 Å². The van der Waals surface area contributed by atoms with Crippen molar-refractivity contribution in [3.8, 4) is 0 Å². The molecule has 0 aromatic heterocycles. The van der Waals surface area contributed by atoms with Crippen molar-refractivity contribution in [3.63, 3.8) is 0 Å². The first-order valence-corrected chi connectivity index (χ1v) is 4.67. The monoisotopic (exact) mass is 164 g/mol. The summed E-state index contributed by atoms with van der Waals surface area (Å²) in [5.41, 5.74) is 0. The molecule has 0 radical (unpaired) electrons. The Kier molecular flexibility index (Phi) is 4.13. The van der Waals surface area contributed by atoms with Crippen LogP contribution in [0.2, 0.25) is 0 Å². The van der Waals surface area contributed by atoms with Crippen molar-refractivity contribution in [1.82, 2.24) is 0 Å². The highest BCUT2D eigenvalue weighted by Crippen LogP contribution is 2.17. The van der Waals surface area contributed by atoms with Crippen LogP contribution in [0.1, 0.15) is 34.1 Å². The van der Waals surface area contributed by atoms with Crippen LogP contribution in [0, 0.1) is 0 Å². The summed E-state index contributed by atoms with van der Waals surface area (Å²) in [6.07, 6.45) is 0.875. The SMILES string of the molecule is CCOS(=O)C(C)(C)CC. The second kappa shape index (κ2) is 4.09. The van der Waals surface area contributed by atoms with E-state index in [1.54, 1.807) is 0 Å². The molecule has 2 nitrogen and oxygen atoms in total. The van der Waals surface area contributed by atoms with Crippen LogP contribution >= 0.6 is 0 Å². The smallest absolute Gasteiger partial charge is 0.161 e. The average Bonchev–Trinajstić information content (AvgIpc) is 1.89. The van der Waals surface area contributed by atoms with Gasteiger partial charge in [0, 0.05) is 0 Å². The molecule has 62 valence electrons. The lowest BCUT2D eigenvalue weighted by molar-refractivity contribution is 0.354. The van der Waals surface area contributed by atoms with E-state index in [0.29, 0.717) is 6.61 Å². The molecule has 0 aromatic rings. The molecule has 0 spiro atoms. The predicted molar refractivity (Wildman–Crippen MR) is 44.1 cm³/mol. The second-order valence-electron chi connectivity index (χ2n) is 2.75. The van der Waals surface area contributed by atoms with Gasteiger partial charge in [-0.15, -0.1) is 0 Å². The Morgan fingerprint density at radius 1 is 1.40 bits per heavy atom. The van der Waals surface area contributed by atoms with E-state index in [9.17, 15) is 4.21 Å². The maximum Gasteiger partial charge on any atom is 0.161 e. The highest BCUT2D eigenvalue weighted by atomic mass is 32.2. The first kappa shape index (κ1) is 10.1. The molecule has 0 aliphatic rings. The molecule has 0 fully saturated rings. The zero-order valence-corrected chi connectivity index (χ0v) is 7.96. The number of hydrogen-bond acceptors (Lipinski definition) is 2. The van der Waals surface area contributed by atoms with Crippen LogP contribution in [0.25, 0.3) is 0 Å².